The number of fused-ring (bicyclic) bond motifs is 1. The van der Waals surface area contributed by atoms with Crippen molar-refractivity contribution in [2.45, 2.75) is 56.4 Å². The Balaban J connectivity index is 1.81. The first-order valence-electron chi connectivity index (χ1n) is 11.2. The van der Waals surface area contributed by atoms with E-state index in [1.165, 1.54) is 0 Å². The highest BCUT2D eigenvalue weighted by molar-refractivity contribution is 5.89. The first kappa shape index (κ1) is 27.6. The molecule has 0 saturated heterocycles. The van der Waals surface area contributed by atoms with Crippen LogP contribution < -0.4 is 4.90 Å². The van der Waals surface area contributed by atoms with E-state index in [9.17, 15) is 54.2 Å². The molecule has 1 heterocycles. The minimum Gasteiger partial charge on any atom is -0.465 e. The Labute approximate surface area is 209 Å². The van der Waals surface area contributed by atoms with Gasteiger partial charge < -0.3 is 10.0 Å². The zero-order chi connectivity index (χ0) is 28.2. The van der Waals surface area contributed by atoms with Gasteiger partial charge in [0, 0.05) is 12.6 Å². The third-order valence-electron chi connectivity index (χ3n) is 6.69. The maximum atomic E-state index is 13.5. The maximum Gasteiger partial charge on any atom is 0.416 e. The Morgan fingerprint density at radius 2 is 1.45 bits per heavy atom. The second kappa shape index (κ2) is 9.38. The number of carbonyl (C=O) groups excluding carboxylic acids is 1. The molecule has 4 rings (SSSR count). The fourth-order valence-corrected chi connectivity index (χ4v) is 4.84. The summed E-state index contributed by atoms with van der Waals surface area (Å²) in [6.45, 7) is -0.790. The van der Waals surface area contributed by atoms with Crippen LogP contribution in [0.15, 0.2) is 36.4 Å². The molecule has 2 aliphatic rings. The van der Waals surface area contributed by atoms with Gasteiger partial charge in [-0.05, 0) is 72.7 Å². The van der Waals surface area contributed by atoms with E-state index in [1.807, 2.05) is 0 Å². The van der Waals surface area contributed by atoms with Crippen molar-refractivity contribution < 1.29 is 54.2 Å². The third kappa shape index (κ3) is 5.53. The van der Waals surface area contributed by atoms with E-state index in [4.69, 9.17) is 0 Å². The third-order valence-corrected chi connectivity index (χ3v) is 6.69. The second-order valence-electron chi connectivity index (χ2n) is 9.27. The van der Waals surface area contributed by atoms with Crippen molar-refractivity contribution >= 4 is 18.2 Å². The molecule has 5 nitrogen and oxygen atoms in total. The summed E-state index contributed by atoms with van der Waals surface area (Å²) in [5.74, 6) is -0.164. The number of amides is 2. The van der Waals surface area contributed by atoms with Crippen LogP contribution in [-0.2, 0) is 29.9 Å². The van der Waals surface area contributed by atoms with Crippen molar-refractivity contribution in [3.63, 3.8) is 0 Å². The van der Waals surface area contributed by atoms with E-state index in [1.54, 1.807) is 0 Å². The lowest BCUT2D eigenvalue weighted by atomic mass is 9.86. The fraction of sp³-hybridized carbons (Fsp3) is 0.417. The Kier molecular flexibility index (Phi) is 6.81. The van der Waals surface area contributed by atoms with Crippen LogP contribution >= 0.6 is 0 Å². The number of carbonyl (C=O) groups is 2. The molecule has 0 aromatic heterocycles. The molecule has 0 spiro atoms. The van der Waals surface area contributed by atoms with Crippen LogP contribution in [0.1, 0.15) is 53.1 Å². The lowest BCUT2D eigenvalue weighted by molar-refractivity contribution is -0.143. The molecule has 14 heteroatoms. The minimum atomic E-state index is -5.14. The average molecular weight is 554 g/mol. The molecule has 1 aliphatic carbocycles. The summed E-state index contributed by atoms with van der Waals surface area (Å²) >= 11 is 0. The van der Waals surface area contributed by atoms with Crippen molar-refractivity contribution in [2.24, 2.45) is 5.92 Å². The number of hydrogen-bond donors (Lipinski definition) is 1. The van der Waals surface area contributed by atoms with Crippen molar-refractivity contribution in [3.05, 3.63) is 64.2 Å². The molecular weight excluding hydrogens is 535 g/mol. The van der Waals surface area contributed by atoms with Crippen molar-refractivity contribution in [1.29, 1.82) is 0 Å². The molecular formula is C24H19F9N2O3. The van der Waals surface area contributed by atoms with Crippen LogP contribution in [0.5, 0.6) is 0 Å². The molecule has 2 atom stereocenters. The first-order chi connectivity index (χ1) is 17.5. The SMILES string of the molecule is O=CN(Cc1cc(C(F)(F)F)cc(C(F)(F)F)c1)[C@H]1C[C@@H](C2CC2)N(C(=O)O)c2ccc(C(F)(F)F)cc21. The van der Waals surface area contributed by atoms with Crippen LogP contribution in [-0.4, -0.2) is 28.6 Å². The van der Waals surface area contributed by atoms with Crippen molar-refractivity contribution in [2.75, 3.05) is 4.90 Å². The normalized spacial score (nSPS) is 20.2. The summed E-state index contributed by atoms with van der Waals surface area (Å²) in [7, 11) is 0. The standard InChI is InChI=1S/C24H19F9N2O3/c25-22(26,27)14-3-4-18-17(8-14)20(9-19(13-1-2-13)35(18)21(37)38)34(11-36)10-12-5-15(23(28,29)30)7-16(6-12)24(31,32)33/h3-8,11,13,19-20H,1-2,9-10H2,(H,37,38)/t19-,20-/m0/s1. The highest BCUT2D eigenvalue weighted by atomic mass is 19.4. The molecule has 1 fully saturated rings. The van der Waals surface area contributed by atoms with Crippen LogP contribution in [0.2, 0.25) is 0 Å². The summed E-state index contributed by atoms with van der Waals surface area (Å²) in [6, 6.07) is 1.08. The molecule has 206 valence electrons. The maximum absolute atomic E-state index is 13.5. The molecule has 1 aliphatic heterocycles. The van der Waals surface area contributed by atoms with Gasteiger partial charge in [0.15, 0.2) is 0 Å². The van der Waals surface area contributed by atoms with Gasteiger partial charge in [-0.25, -0.2) is 4.79 Å². The number of alkyl halides is 9. The predicted octanol–water partition coefficient (Wildman–Crippen LogP) is 7.11. The monoisotopic (exact) mass is 554 g/mol. The summed E-state index contributed by atoms with van der Waals surface area (Å²) in [5.41, 5.74) is -5.27. The fourth-order valence-electron chi connectivity index (χ4n) is 4.84. The zero-order valence-corrected chi connectivity index (χ0v) is 19.2. The summed E-state index contributed by atoms with van der Waals surface area (Å²) in [5, 5.41) is 9.80. The van der Waals surface area contributed by atoms with Gasteiger partial charge >= 0.3 is 24.6 Å². The quantitative estimate of drug-likeness (QED) is 0.317. The Bertz CT molecular complexity index is 1200. The lowest BCUT2D eigenvalue weighted by Crippen LogP contribution is -2.48. The average Bonchev–Trinajstić information content (AvgIpc) is 3.64. The van der Waals surface area contributed by atoms with E-state index in [0.29, 0.717) is 37.1 Å². The van der Waals surface area contributed by atoms with Crippen LogP contribution in [0.25, 0.3) is 0 Å². The van der Waals surface area contributed by atoms with Gasteiger partial charge in [-0.3, -0.25) is 9.69 Å². The molecule has 1 N–H and O–H groups in total. The first-order valence-corrected chi connectivity index (χ1v) is 11.2. The van der Waals surface area contributed by atoms with Crippen LogP contribution in [0.4, 0.5) is 50.0 Å². The second-order valence-corrected chi connectivity index (χ2v) is 9.27. The number of anilines is 1. The van der Waals surface area contributed by atoms with Crippen LogP contribution in [0, 0.1) is 5.92 Å². The van der Waals surface area contributed by atoms with E-state index >= 15 is 0 Å². The molecule has 2 amide bonds. The number of nitrogens with zero attached hydrogens (tertiary/aromatic N) is 2. The van der Waals surface area contributed by atoms with Gasteiger partial charge in [0.2, 0.25) is 6.41 Å². The summed E-state index contributed by atoms with van der Waals surface area (Å²) in [4.78, 5) is 25.9. The van der Waals surface area contributed by atoms with Gasteiger partial charge in [0.1, 0.15) is 0 Å². The lowest BCUT2D eigenvalue weighted by Gasteiger charge is -2.43. The smallest absolute Gasteiger partial charge is 0.416 e. The molecule has 38 heavy (non-hydrogen) atoms. The van der Waals surface area contributed by atoms with E-state index in [-0.39, 0.29) is 36.1 Å². The van der Waals surface area contributed by atoms with E-state index < -0.39 is 65.5 Å². The summed E-state index contributed by atoms with van der Waals surface area (Å²) in [6.07, 6.45) is -15.4. The largest absolute Gasteiger partial charge is 0.465 e. The number of hydrogen-bond acceptors (Lipinski definition) is 2. The topological polar surface area (TPSA) is 60.9 Å². The number of benzene rings is 2. The number of rotatable bonds is 5. The summed E-state index contributed by atoms with van der Waals surface area (Å²) < 4.78 is 120. The van der Waals surface area contributed by atoms with Gasteiger partial charge in [0.25, 0.3) is 0 Å². The van der Waals surface area contributed by atoms with Crippen LogP contribution in [0.3, 0.4) is 0 Å². The minimum absolute atomic E-state index is 0.0753. The van der Waals surface area contributed by atoms with E-state index in [2.05, 4.69) is 0 Å². The van der Waals surface area contributed by atoms with Crippen molar-refractivity contribution in [1.82, 2.24) is 4.90 Å². The van der Waals surface area contributed by atoms with Gasteiger partial charge in [-0.15, -0.1) is 0 Å². The molecule has 2 aromatic rings. The molecule has 0 radical (unpaired) electrons. The zero-order valence-electron chi connectivity index (χ0n) is 19.2. The Morgan fingerprint density at radius 1 is 0.895 bits per heavy atom. The number of carboxylic acid groups (broad SMARTS) is 1. The van der Waals surface area contributed by atoms with Crippen molar-refractivity contribution in [3.8, 4) is 0 Å². The van der Waals surface area contributed by atoms with Gasteiger partial charge in [0.05, 0.1) is 28.4 Å². The predicted molar refractivity (Wildman–Crippen MR) is 114 cm³/mol. The Morgan fingerprint density at radius 3 is 1.89 bits per heavy atom. The Hall–Kier alpha value is -3.45. The highest BCUT2D eigenvalue weighted by Gasteiger charge is 2.46. The van der Waals surface area contributed by atoms with E-state index in [0.717, 1.165) is 15.9 Å². The van der Waals surface area contributed by atoms with Gasteiger partial charge in [-0.2, -0.15) is 39.5 Å². The molecule has 0 bridgehead atoms. The highest BCUT2D eigenvalue weighted by Crippen LogP contribution is 2.49. The molecule has 0 unspecified atom stereocenters. The molecule has 2 aromatic carbocycles. The number of halogens is 9. The molecule has 1 saturated carbocycles. The van der Waals surface area contributed by atoms with Gasteiger partial charge in [-0.1, -0.05) is 0 Å².